The summed E-state index contributed by atoms with van der Waals surface area (Å²) in [5.74, 6) is -2.58. The van der Waals surface area contributed by atoms with Crippen LogP contribution in [0.4, 0.5) is 18.9 Å². The smallest absolute Gasteiger partial charge is 0.416 e. The van der Waals surface area contributed by atoms with E-state index in [1.54, 1.807) is 0 Å². The number of sulfone groups is 1. The van der Waals surface area contributed by atoms with E-state index in [1.165, 1.54) is 0 Å². The second kappa shape index (κ2) is 7.64. The molecule has 8 nitrogen and oxygen atoms in total. The number of halogens is 4. The Bertz CT molecular complexity index is 1060. The molecule has 2 aromatic carbocycles. The number of hydrogen-bond donors (Lipinski definition) is 1. The van der Waals surface area contributed by atoms with E-state index >= 15 is 0 Å². The summed E-state index contributed by atoms with van der Waals surface area (Å²) in [4.78, 5) is 20.8. The van der Waals surface area contributed by atoms with E-state index in [2.05, 4.69) is 0 Å². The van der Waals surface area contributed by atoms with Gasteiger partial charge in [-0.1, -0.05) is 11.6 Å². The van der Waals surface area contributed by atoms with Crippen molar-refractivity contribution >= 4 is 33.0 Å². The van der Waals surface area contributed by atoms with Crippen molar-refractivity contribution in [3.63, 3.8) is 0 Å². The van der Waals surface area contributed by atoms with Crippen molar-refractivity contribution in [3.8, 4) is 5.75 Å². The Morgan fingerprint density at radius 2 is 1.86 bits per heavy atom. The van der Waals surface area contributed by atoms with Crippen molar-refractivity contribution in [2.45, 2.75) is 11.1 Å². The Morgan fingerprint density at radius 3 is 2.36 bits per heavy atom. The number of nitro groups is 1. The molecule has 0 radical (unpaired) electrons. The van der Waals surface area contributed by atoms with Gasteiger partial charge in [0.25, 0.3) is 11.6 Å². The van der Waals surface area contributed by atoms with Gasteiger partial charge in [-0.05, 0) is 30.3 Å². The zero-order chi connectivity index (χ0) is 21.3. The molecule has 0 unspecified atom stereocenters. The highest BCUT2D eigenvalue weighted by molar-refractivity contribution is 7.91. The van der Waals surface area contributed by atoms with E-state index in [1.807, 2.05) is 0 Å². The predicted octanol–water partition coefficient (Wildman–Crippen LogP) is 3.18. The third-order valence-electron chi connectivity index (χ3n) is 3.42. The number of hydrogen-bond acceptors (Lipinski definition) is 6. The van der Waals surface area contributed by atoms with Gasteiger partial charge in [0.1, 0.15) is 11.3 Å². The van der Waals surface area contributed by atoms with Gasteiger partial charge in [-0.25, -0.2) is 8.42 Å². The number of alkyl halides is 3. The number of ether oxygens (including phenoxy) is 1. The van der Waals surface area contributed by atoms with Crippen molar-refractivity contribution in [1.82, 2.24) is 0 Å². The quantitative estimate of drug-likeness (QED) is 0.544. The maximum Gasteiger partial charge on any atom is 0.416 e. The summed E-state index contributed by atoms with van der Waals surface area (Å²) in [6.45, 7) is 0. The van der Waals surface area contributed by atoms with Gasteiger partial charge in [0.05, 0.1) is 20.4 Å². The van der Waals surface area contributed by atoms with Crippen LogP contribution in [0.2, 0.25) is 5.02 Å². The van der Waals surface area contributed by atoms with Crippen LogP contribution < -0.4 is 10.5 Å². The van der Waals surface area contributed by atoms with E-state index in [-0.39, 0.29) is 5.75 Å². The molecular weight excluding hydrogens is 429 g/mol. The van der Waals surface area contributed by atoms with E-state index in [9.17, 15) is 36.5 Å². The van der Waals surface area contributed by atoms with Crippen molar-refractivity contribution in [3.05, 3.63) is 62.7 Å². The Labute approximate surface area is 160 Å². The minimum atomic E-state index is -4.64. The number of carbonyl (C=O) groups excluding carboxylic acids is 1. The third-order valence-corrected chi connectivity index (χ3v) is 5.11. The maximum atomic E-state index is 12.6. The molecular formula is C15H10ClF3N2O6S. The first kappa shape index (κ1) is 21.4. The van der Waals surface area contributed by atoms with Gasteiger partial charge in [0.15, 0.2) is 5.94 Å². The Morgan fingerprint density at radius 1 is 1.21 bits per heavy atom. The van der Waals surface area contributed by atoms with Crippen LogP contribution in [0.1, 0.15) is 15.9 Å². The molecule has 0 aliphatic carbocycles. The molecule has 1 amide bonds. The SMILES string of the molecule is NC(=O)c1cc(S(=O)(=O)COc2ccc(C(F)(F)F)cc2Cl)ccc1[N+](=O)[O-]. The van der Waals surface area contributed by atoms with Crippen molar-refractivity contribution in [1.29, 1.82) is 0 Å². The van der Waals surface area contributed by atoms with Crippen molar-refractivity contribution < 1.29 is 36.0 Å². The largest absolute Gasteiger partial charge is 0.476 e. The molecule has 2 aromatic rings. The molecule has 0 aromatic heterocycles. The van der Waals surface area contributed by atoms with Gasteiger partial charge < -0.3 is 10.5 Å². The fourth-order valence-corrected chi connectivity index (χ4v) is 3.29. The fraction of sp³-hybridized carbons (Fsp3) is 0.133. The van der Waals surface area contributed by atoms with E-state index in [0.29, 0.717) is 18.2 Å². The molecule has 0 bridgehead atoms. The maximum absolute atomic E-state index is 12.6. The lowest BCUT2D eigenvalue weighted by Crippen LogP contribution is -2.17. The van der Waals surface area contributed by atoms with Gasteiger partial charge in [-0.3, -0.25) is 14.9 Å². The second-order valence-corrected chi connectivity index (χ2v) is 7.66. The van der Waals surface area contributed by atoms with Gasteiger partial charge in [0.2, 0.25) is 9.84 Å². The van der Waals surface area contributed by atoms with Crippen LogP contribution in [0.25, 0.3) is 0 Å². The number of nitro benzene ring substituents is 1. The molecule has 0 aliphatic rings. The molecule has 0 saturated heterocycles. The first-order chi connectivity index (χ1) is 12.8. The highest BCUT2D eigenvalue weighted by atomic mass is 35.5. The molecule has 13 heteroatoms. The summed E-state index contributed by atoms with van der Waals surface area (Å²) in [6.07, 6.45) is -4.64. The number of nitrogens with two attached hydrogens (primary N) is 1. The lowest BCUT2D eigenvalue weighted by Gasteiger charge is -2.12. The second-order valence-electron chi connectivity index (χ2n) is 5.32. The molecule has 0 aliphatic heterocycles. The first-order valence-electron chi connectivity index (χ1n) is 7.13. The highest BCUT2D eigenvalue weighted by Gasteiger charge is 2.31. The van der Waals surface area contributed by atoms with Crippen LogP contribution in [0, 0.1) is 10.1 Å². The Hall–Kier alpha value is -2.86. The van der Waals surface area contributed by atoms with Gasteiger partial charge in [-0.15, -0.1) is 0 Å². The van der Waals surface area contributed by atoms with Gasteiger partial charge in [0, 0.05) is 6.07 Å². The van der Waals surface area contributed by atoms with E-state index in [0.717, 1.165) is 18.2 Å². The molecule has 0 heterocycles. The zero-order valence-corrected chi connectivity index (χ0v) is 15.1. The Kier molecular flexibility index (Phi) is 5.85. The molecule has 0 spiro atoms. The predicted molar refractivity (Wildman–Crippen MR) is 90.7 cm³/mol. The normalized spacial score (nSPS) is 11.9. The van der Waals surface area contributed by atoms with Crippen molar-refractivity contribution in [2.24, 2.45) is 5.73 Å². The molecule has 2 N–H and O–H groups in total. The minimum absolute atomic E-state index is 0.324. The first-order valence-corrected chi connectivity index (χ1v) is 9.16. The van der Waals surface area contributed by atoms with E-state index < -0.39 is 59.5 Å². The van der Waals surface area contributed by atoms with Crippen LogP contribution in [0.15, 0.2) is 41.3 Å². The van der Waals surface area contributed by atoms with Gasteiger partial charge >= 0.3 is 6.18 Å². The van der Waals surface area contributed by atoms with Gasteiger partial charge in [-0.2, -0.15) is 13.2 Å². The average Bonchev–Trinajstić information content (AvgIpc) is 2.59. The number of rotatable bonds is 6. The Balaban J connectivity index is 2.29. The zero-order valence-electron chi connectivity index (χ0n) is 13.6. The monoisotopic (exact) mass is 438 g/mol. The average molecular weight is 439 g/mol. The summed E-state index contributed by atoms with van der Waals surface area (Å²) in [6, 6.07) is 4.46. The number of carbonyl (C=O) groups is 1. The fourth-order valence-electron chi connectivity index (χ4n) is 2.07. The summed E-state index contributed by atoms with van der Waals surface area (Å²) in [5.41, 5.74) is 2.66. The topological polar surface area (TPSA) is 130 Å². The van der Waals surface area contributed by atoms with Crippen LogP contribution in [-0.2, 0) is 16.0 Å². The molecule has 28 heavy (non-hydrogen) atoms. The molecule has 0 saturated carbocycles. The van der Waals surface area contributed by atoms with Crippen LogP contribution in [0.5, 0.6) is 5.75 Å². The summed E-state index contributed by atoms with van der Waals surface area (Å²) >= 11 is 5.68. The molecule has 150 valence electrons. The number of amides is 1. The van der Waals surface area contributed by atoms with Crippen LogP contribution in [0.3, 0.4) is 0 Å². The number of nitrogens with zero attached hydrogens (tertiary/aromatic N) is 1. The lowest BCUT2D eigenvalue weighted by atomic mass is 10.2. The molecule has 0 atom stereocenters. The minimum Gasteiger partial charge on any atom is -0.476 e. The summed E-state index contributed by atoms with van der Waals surface area (Å²) < 4.78 is 67.4. The van der Waals surface area contributed by atoms with E-state index in [4.69, 9.17) is 22.1 Å². The number of benzene rings is 2. The van der Waals surface area contributed by atoms with Crippen molar-refractivity contribution in [2.75, 3.05) is 5.94 Å². The summed E-state index contributed by atoms with van der Waals surface area (Å²) in [7, 11) is -4.25. The standard InChI is InChI=1S/C15H10ClF3N2O6S/c16-11-5-8(15(17,18)19)1-4-13(11)27-7-28(25,26)9-2-3-12(21(23)24)10(6-9)14(20)22/h1-6H,7H2,(H2,20,22). The lowest BCUT2D eigenvalue weighted by molar-refractivity contribution is -0.385. The highest BCUT2D eigenvalue weighted by Crippen LogP contribution is 2.35. The third kappa shape index (κ3) is 4.70. The van der Waals surface area contributed by atoms with Crippen LogP contribution in [-0.4, -0.2) is 25.2 Å². The summed E-state index contributed by atoms with van der Waals surface area (Å²) in [5, 5.41) is 10.4. The molecule has 0 fully saturated rings. The molecule has 2 rings (SSSR count). The van der Waals surface area contributed by atoms with Crippen LogP contribution >= 0.6 is 11.6 Å². The number of primary amides is 1.